The van der Waals surface area contributed by atoms with Crippen molar-refractivity contribution in [2.24, 2.45) is 0 Å². The van der Waals surface area contributed by atoms with Crippen LogP contribution >= 0.6 is 11.6 Å². The van der Waals surface area contributed by atoms with Crippen molar-refractivity contribution in [3.8, 4) is 28.7 Å². The minimum Gasteiger partial charge on any atom is -0.489 e. The Kier molecular flexibility index (Phi) is 8.02. The third-order valence-corrected chi connectivity index (χ3v) is 6.14. The van der Waals surface area contributed by atoms with E-state index in [0.29, 0.717) is 58.6 Å². The maximum Gasteiger partial charge on any atom is 0.417 e. The second-order valence-electron chi connectivity index (χ2n) is 8.63. The Hall–Kier alpha value is -4.71. The molecular formula is C28H21ClF3N3O6. The zero-order chi connectivity index (χ0) is 29.0. The highest BCUT2D eigenvalue weighted by Crippen LogP contribution is 2.48. The normalized spacial score (nSPS) is 12.5. The molecule has 0 unspecified atom stereocenters. The largest absolute Gasteiger partial charge is 0.489 e. The lowest BCUT2D eigenvalue weighted by Crippen LogP contribution is -2.19. The van der Waals surface area contributed by atoms with E-state index in [1.54, 1.807) is 42.6 Å². The van der Waals surface area contributed by atoms with Gasteiger partial charge in [0.2, 0.25) is 5.75 Å². The van der Waals surface area contributed by atoms with Crippen LogP contribution in [0.2, 0.25) is 5.02 Å². The molecule has 4 aromatic rings. The molecule has 2 N–H and O–H groups in total. The number of alkyl halides is 3. The van der Waals surface area contributed by atoms with Crippen LogP contribution < -0.4 is 29.6 Å². The molecule has 3 aromatic carbocycles. The average Bonchev–Trinajstić information content (AvgIpc) is 2.94. The lowest BCUT2D eigenvalue weighted by Gasteiger charge is -2.23. The molecule has 13 heteroatoms. The fraction of sp³-hybridized carbons (Fsp3) is 0.179. The number of ether oxygens (including phenoxy) is 4. The predicted octanol–water partition coefficient (Wildman–Crippen LogP) is 7.08. The molecule has 0 saturated carbocycles. The Labute approximate surface area is 236 Å². The number of fused-ring (bicyclic) bond motifs is 3. The number of amides is 2. The molecule has 1 aliphatic heterocycles. The predicted molar refractivity (Wildman–Crippen MR) is 145 cm³/mol. The van der Waals surface area contributed by atoms with Crippen molar-refractivity contribution in [2.75, 3.05) is 30.5 Å². The summed E-state index contributed by atoms with van der Waals surface area (Å²) in [6.45, 7) is 0.806. The first kappa shape index (κ1) is 27.8. The summed E-state index contributed by atoms with van der Waals surface area (Å²) in [5, 5.41) is 5.00. The van der Waals surface area contributed by atoms with Crippen molar-refractivity contribution >= 4 is 46.2 Å². The fourth-order valence-corrected chi connectivity index (χ4v) is 4.25. The van der Waals surface area contributed by atoms with Crippen LogP contribution in [-0.4, -0.2) is 37.1 Å². The topological polar surface area (TPSA) is 108 Å². The summed E-state index contributed by atoms with van der Waals surface area (Å²) >= 11 is 5.62. The smallest absolute Gasteiger partial charge is 0.417 e. The molecule has 0 saturated heterocycles. The van der Waals surface area contributed by atoms with Crippen LogP contribution in [0.3, 0.4) is 0 Å². The van der Waals surface area contributed by atoms with Crippen LogP contribution in [0.4, 0.5) is 29.3 Å². The number of nitrogens with zero attached hydrogens (tertiary/aromatic N) is 1. The summed E-state index contributed by atoms with van der Waals surface area (Å²) in [7, 11) is 0. The standard InChI is InChI=1S/C28H21ClF3N3O6/c29-20-7-4-17(14-19(20)28(30,31)32)35-27(37)34-16-2-5-18(6-3-16)41-22-8-9-33-21-15-23(38-11-1-10-36)25-26(24(21)22)40-13-12-39-25/h2-10,14-15H,1,11-13H2,(H2,34,35,37). The molecule has 2 amide bonds. The third kappa shape index (κ3) is 6.38. The quantitative estimate of drug-likeness (QED) is 0.167. The Morgan fingerprint density at radius 1 is 0.976 bits per heavy atom. The van der Waals surface area contributed by atoms with E-state index in [1.807, 2.05) is 0 Å². The van der Waals surface area contributed by atoms with Gasteiger partial charge in [0.05, 0.1) is 28.1 Å². The SMILES string of the molecule is O=CCCOc1cc2nccc(Oc3ccc(NC(=O)Nc4ccc(Cl)c(C(F)(F)F)c4)cc3)c2c2c1OCCO2. The first-order chi connectivity index (χ1) is 19.7. The number of aldehydes is 1. The van der Waals surface area contributed by atoms with Crippen LogP contribution in [0, 0.1) is 0 Å². The number of hydrogen-bond acceptors (Lipinski definition) is 7. The third-order valence-electron chi connectivity index (χ3n) is 5.81. The highest BCUT2D eigenvalue weighted by Gasteiger charge is 2.33. The first-order valence-corrected chi connectivity index (χ1v) is 12.6. The van der Waals surface area contributed by atoms with Gasteiger partial charge in [0, 0.05) is 30.1 Å². The van der Waals surface area contributed by atoms with E-state index in [-0.39, 0.29) is 18.7 Å². The van der Waals surface area contributed by atoms with Gasteiger partial charge < -0.3 is 34.4 Å². The number of aromatic nitrogens is 1. The van der Waals surface area contributed by atoms with E-state index < -0.39 is 22.8 Å². The molecule has 1 aliphatic rings. The van der Waals surface area contributed by atoms with Crippen LogP contribution in [0.5, 0.6) is 28.7 Å². The van der Waals surface area contributed by atoms with Gasteiger partial charge in [-0.3, -0.25) is 4.98 Å². The van der Waals surface area contributed by atoms with Gasteiger partial charge in [-0.1, -0.05) is 11.6 Å². The van der Waals surface area contributed by atoms with Gasteiger partial charge in [-0.15, -0.1) is 0 Å². The minimum atomic E-state index is -4.66. The number of carbonyl (C=O) groups is 2. The van der Waals surface area contributed by atoms with E-state index >= 15 is 0 Å². The molecule has 41 heavy (non-hydrogen) atoms. The average molecular weight is 588 g/mol. The molecule has 1 aromatic heterocycles. The zero-order valence-corrected chi connectivity index (χ0v) is 21.8. The van der Waals surface area contributed by atoms with E-state index in [4.69, 9.17) is 30.5 Å². The van der Waals surface area contributed by atoms with Crippen LogP contribution in [0.1, 0.15) is 12.0 Å². The van der Waals surface area contributed by atoms with E-state index in [9.17, 15) is 22.8 Å². The van der Waals surface area contributed by atoms with Gasteiger partial charge in [0.1, 0.15) is 31.0 Å². The Bertz CT molecular complexity index is 1600. The van der Waals surface area contributed by atoms with Crippen LogP contribution in [0.15, 0.2) is 60.8 Å². The Morgan fingerprint density at radius 2 is 1.68 bits per heavy atom. The molecule has 0 radical (unpaired) electrons. The summed E-state index contributed by atoms with van der Waals surface area (Å²) in [6, 6.07) is 12.0. The molecule has 0 aliphatic carbocycles. The zero-order valence-electron chi connectivity index (χ0n) is 21.1. The molecule has 0 atom stereocenters. The van der Waals surface area contributed by atoms with Crippen molar-refractivity contribution in [3.05, 3.63) is 71.4 Å². The van der Waals surface area contributed by atoms with E-state index in [1.165, 1.54) is 6.07 Å². The summed E-state index contributed by atoms with van der Waals surface area (Å²) < 4.78 is 62.8. The Balaban J connectivity index is 1.31. The van der Waals surface area contributed by atoms with Gasteiger partial charge in [0.25, 0.3) is 0 Å². The van der Waals surface area contributed by atoms with Crippen LogP contribution in [0.25, 0.3) is 10.9 Å². The number of halogens is 4. The summed E-state index contributed by atoms with van der Waals surface area (Å²) in [5.41, 5.74) is -0.234. The van der Waals surface area contributed by atoms with Crippen molar-refractivity contribution in [3.63, 3.8) is 0 Å². The molecule has 5 rings (SSSR count). The molecule has 0 spiro atoms. The Morgan fingerprint density at radius 3 is 2.41 bits per heavy atom. The van der Waals surface area contributed by atoms with Crippen molar-refractivity contribution in [2.45, 2.75) is 12.6 Å². The van der Waals surface area contributed by atoms with Gasteiger partial charge in [-0.05, 0) is 48.5 Å². The maximum atomic E-state index is 13.1. The van der Waals surface area contributed by atoms with Gasteiger partial charge in [-0.2, -0.15) is 13.2 Å². The second kappa shape index (κ2) is 11.8. The van der Waals surface area contributed by atoms with Gasteiger partial charge >= 0.3 is 12.2 Å². The van der Waals surface area contributed by atoms with E-state index in [0.717, 1.165) is 18.4 Å². The number of carbonyl (C=O) groups excluding carboxylic acids is 2. The van der Waals surface area contributed by atoms with Crippen molar-refractivity contribution in [1.29, 1.82) is 0 Å². The molecule has 9 nitrogen and oxygen atoms in total. The summed E-state index contributed by atoms with van der Waals surface area (Å²) in [4.78, 5) is 27.5. The lowest BCUT2D eigenvalue weighted by atomic mass is 10.1. The van der Waals surface area contributed by atoms with Crippen molar-refractivity contribution < 1.29 is 41.7 Å². The van der Waals surface area contributed by atoms with Crippen LogP contribution in [-0.2, 0) is 11.0 Å². The molecule has 212 valence electrons. The number of pyridine rings is 1. The number of nitrogens with one attached hydrogen (secondary N) is 2. The monoisotopic (exact) mass is 587 g/mol. The molecule has 2 heterocycles. The second-order valence-corrected chi connectivity index (χ2v) is 9.04. The number of hydrogen-bond donors (Lipinski definition) is 2. The summed E-state index contributed by atoms with van der Waals surface area (Å²) in [6.07, 6.45) is -2.12. The molecule has 0 bridgehead atoms. The minimum absolute atomic E-state index is 0.0735. The number of rotatable bonds is 8. The maximum absolute atomic E-state index is 13.1. The summed E-state index contributed by atoms with van der Waals surface area (Å²) in [5.74, 6) is 2.05. The number of benzene rings is 3. The van der Waals surface area contributed by atoms with Gasteiger partial charge in [0.15, 0.2) is 11.5 Å². The highest BCUT2D eigenvalue weighted by molar-refractivity contribution is 6.31. The molecular weight excluding hydrogens is 567 g/mol. The van der Waals surface area contributed by atoms with Gasteiger partial charge in [-0.25, -0.2) is 4.79 Å². The van der Waals surface area contributed by atoms with Crippen molar-refractivity contribution in [1.82, 2.24) is 4.98 Å². The number of urea groups is 1. The first-order valence-electron chi connectivity index (χ1n) is 12.2. The number of anilines is 2. The molecule has 0 fully saturated rings. The lowest BCUT2D eigenvalue weighted by molar-refractivity contribution is -0.137. The fourth-order valence-electron chi connectivity index (χ4n) is 4.03. The highest BCUT2D eigenvalue weighted by atomic mass is 35.5. The van der Waals surface area contributed by atoms with E-state index in [2.05, 4.69) is 15.6 Å².